The Morgan fingerprint density at radius 3 is 2.71 bits per heavy atom. The number of carbonyl (C=O) groups excluding carboxylic acids is 1. The van der Waals surface area contributed by atoms with Gasteiger partial charge in [0.2, 0.25) is 0 Å². The Bertz CT molecular complexity index is 394. The lowest BCUT2D eigenvalue weighted by atomic mass is 10.2. The zero-order valence-electron chi connectivity index (χ0n) is 10.0. The first kappa shape index (κ1) is 12.1. The second kappa shape index (κ2) is 5.31. The molecule has 0 aliphatic carbocycles. The third-order valence-electron chi connectivity index (χ3n) is 2.72. The highest BCUT2D eigenvalue weighted by molar-refractivity contribution is 7.97. The number of carbonyl (C=O) groups is 1. The van der Waals surface area contributed by atoms with E-state index in [1.807, 2.05) is 36.2 Å². The van der Waals surface area contributed by atoms with Crippen molar-refractivity contribution >= 4 is 18.0 Å². The predicted molar refractivity (Wildman–Crippen MR) is 69.0 cm³/mol. The van der Waals surface area contributed by atoms with Crippen LogP contribution in [0.2, 0.25) is 0 Å². The van der Waals surface area contributed by atoms with Crippen LogP contribution in [0.1, 0.15) is 5.56 Å². The molecule has 0 radical (unpaired) electrons. The van der Waals surface area contributed by atoms with E-state index >= 15 is 0 Å². The molecule has 1 saturated heterocycles. The molecule has 0 spiro atoms. The highest BCUT2D eigenvalue weighted by atomic mass is 32.2. The molecule has 92 valence electrons. The zero-order valence-corrected chi connectivity index (χ0v) is 10.9. The summed E-state index contributed by atoms with van der Waals surface area (Å²) in [6.45, 7) is 1.47. The van der Waals surface area contributed by atoms with Crippen LogP contribution < -0.4 is 4.74 Å². The molecule has 0 bridgehead atoms. The molecular formula is C12H16N2O2S. The van der Waals surface area contributed by atoms with Gasteiger partial charge in [0.05, 0.1) is 7.11 Å². The standard InChI is InChI=1S/C12H16N2O2S/c1-13-12(15)14(7-8-17-13)9-10-3-5-11(16-2)6-4-10/h3-6H,7-9H2,1-2H3. The van der Waals surface area contributed by atoms with Gasteiger partial charge < -0.3 is 9.64 Å². The van der Waals surface area contributed by atoms with Crippen LogP contribution in [0.25, 0.3) is 0 Å². The molecular weight excluding hydrogens is 236 g/mol. The van der Waals surface area contributed by atoms with E-state index in [1.54, 1.807) is 23.4 Å². The molecule has 5 heteroatoms. The summed E-state index contributed by atoms with van der Waals surface area (Å²) >= 11 is 1.57. The molecule has 1 aromatic carbocycles. The van der Waals surface area contributed by atoms with E-state index in [0.29, 0.717) is 6.54 Å². The Morgan fingerprint density at radius 1 is 1.35 bits per heavy atom. The van der Waals surface area contributed by atoms with Crippen molar-refractivity contribution in [1.82, 2.24) is 9.21 Å². The lowest BCUT2D eigenvalue weighted by molar-refractivity contribution is 0.182. The fourth-order valence-corrected chi connectivity index (χ4v) is 2.54. The number of hydrogen-bond donors (Lipinski definition) is 0. The summed E-state index contributed by atoms with van der Waals surface area (Å²) in [6, 6.07) is 7.91. The predicted octanol–water partition coefficient (Wildman–Crippen LogP) is 2.21. The van der Waals surface area contributed by atoms with Gasteiger partial charge in [0.25, 0.3) is 0 Å². The Kier molecular flexibility index (Phi) is 3.78. The van der Waals surface area contributed by atoms with Gasteiger partial charge in [0, 0.05) is 25.9 Å². The third kappa shape index (κ3) is 2.85. The zero-order chi connectivity index (χ0) is 12.3. The molecule has 1 aliphatic rings. The molecule has 0 N–H and O–H groups in total. The number of ether oxygens (including phenoxy) is 1. The van der Waals surface area contributed by atoms with Gasteiger partial charge >= 0.3 is 6.03 Å². The molecule has 0 atom stereocenters. The fraction of sp³-hybridized carbons (Fsp3) is 0.417. The summed E-state index contributed by atoms with van der Waals surface area (Å²) in [7, 11) is 3.46. The summed E-state index contributed by atoms with van der Waals surface area (Å²) in [5.41, 5.74) is 1.12. The van der Waals surface area contributed by atoms with Crippen molar-refractivity contribution in [2.45, 2.75) is 6.54 Å². The third-order valence-corrected chi connectivity index (χ3v) is 3.63. The molecule has 2 amide bonds. The summed E-state index contributed by atoms with van der Waals surface area (Å²) in [4.78, 5) is 13.7. The molecule has 4 nitrogen and oxygen atoms in total. The molecule has 1 heterocycles. The molecule has 1 aromatic rings. The second-order valence-corrected chi connectivity index (χ2v) is 5.10. The number of urea groups is 1. The molecule has 17 heavy (non-hydrogen) atoms. The van der Waals surface area contributed by atoms with E-state index in [2.05, 4.69) is 0 Å². The Labute approximate surface area is 106 Å². The van der Waals surface area contributed by atoms with Crippen molar-refractivity contribution in [2.75, 3.05) is 26.5 Å². The van der Waals surface area contributed by atoms with Gasteiger partial charge in [-0.1, -0.05) is 12.1 Å². The molecule has 0 saturated carbocycles. The van der Waals surface area contributed by atoms with Crippen molar-refractivity contribution < 1.29 is 9.53 Å². The largest absolute Gasteiger partial charge is 0.497 e. The quantitative estimate of drug-likeness (QED) is 0.773. The monoisotopic (exact) mass is 252 g/mol. The Morgan fingerprint density at radius 2 is 2.06 bits per heavy atom. The minimum Gasteiger partial charge on any atom is -0.497 e. The summed E-state index contributed by atoms with van der Waals surface area (Å²) in [5, 5.41) is 0. The fourth-order valence-electron chi connectivity index (χ4n) is 1.74. The van der Waals surface area contributed by atoms with Crippen LogP contribution in [0.15, 0.2) is 24.3 Å². The van der Waals surface area contributed by atoms with Gasteiger partial charge in [-0.3, -0.25) is 4.31 Å². The highest BCUT2D eigenvalue weighted by Gasteiger charge is 2.23. The second-order valence-electron chi connectivity index (χ2n) is 3.88. The lowest BCUT2D eigenvalue weighted by Gasteiger charge is -2.32. The average Bonchev–Trinajstić information content (AvgIpc) is 2.36. The van der Waals surface area contributed by atoms with Gasteiger partial charge in [-0.05, 0) is 29.6 Å². The van der Waals surface area contributed by atoms with E-state index in [0.717, 1.165) is 23.6 Å². The number of nitrogens with zero attached hydrogens (tertiary/aromatic N) is 2. The van der Waals surface area contributed by atoms with Crippen LogP contribution in [0.4, 0.5) is 4.79 Å². The Hall–Kier alpha value is -1.36. The number of methoxy groups -OCH3 is 1. The van der Waals surface area contributed by atoms with Crippen LogP contribution in [0.3, 0.4) is 0 Å². The average molecular weight is 252 g/mol. The van der Waals surface area contributed by atoms with E-state index in [-0.39, 0.29) is 6.03 Å². The van der Waals surface area contributed by atoms with Crippen molar-refractivity contribution in [3.63, 3.8) is 0 Å². The maximum atomic E-state index is 11.9. The normalized spacial score (nSPS) is 16.2. The minimum atomic E-state index is 0.0806. The van der Waals surface area contributed by atoms with Gasteiger partial charge in [-0.15, -0.1) is 0 Å². The summed E-state index contributed by atoms with van der Waals surface area (Å²) in [5.74, 6) is 1.80. The van der Waals surface area contributed by atoms with E-state index in [9.17, 15) is 4.79 Å². The minimum absolute atomic E-state index is 0.0806. The van der Waals surface area contributed by atoms with Crippen LogP contribution >= 0.6 is 11.9 Å². The number of hydrogen-bond acceptors (Lipinski definition) is 3. The van der Waals surface area contributed by atoms with Gasteiger partial charge in [0.15, 0.2) is 0 Å². The van der Waals surface area contributed by atoms with Crippen molar-refractivity contribution in [3.8, 4) is 5.75 Å². The first-order valence-electron chi connectivity index (χ1n) is 5.49. The van der Waals surface area contributed by atoms with Crippen molar-refractivity contribution in [1.29, 1.82) is 0 Å². The van der Waals surface area contributed by atoms with Crippen LogP contribution in [-0.2, 0) is 6.54 Å². The van der Waals surface area contributed by atoms with Crippen LogP contribution in [0, 0.1) is 0 Å². The van der Waals surface area contributed by atoms with Gasteiger partial charge in [0.1, 0.15) is 5.75 Å². The van der Waals surface area contributed by atoms with Crippen LogP contribution in [-0.4, -0.2) is 41.7 Å². The summed E-state index contributed by atoms with van der Waals surface area (Å²) < 4.78 is 6.79. The molecule has 0 unspecified atom stereocenters. The summed E-state index contributed by atoms with van der Waals surface area (Å²) in [6.07, 6.45) is 0. The molecule has 2 rings (SSSR count). The first-order chi connectivity index (χ1) is 8.20. The molecule has 0 aromatic heterocycles. The van der Waals surface area contributed by atoms with Crippen LogP contribution in [0.5, 0.6) is 5.75 Å². The SMILES string of the molecule is COc1ccc(CN2CCSN(C)C2=O)cc1. The van der Waals surface area contributed by atoms with E-state index < -0.39 is 0 Å². The number of benzene rings is 1. The first-order valence-corrected chi connectivity index (χ1v) is 6.43. The lowest BCUT2D eigenvalue weighted by Crippen LogP contribution is -2.43. The van der Waals surface area contributed by atoms with Gasteiger partial charge in [-0.2, -0.15) is 0 Å². The van der Waals surface area contributed by atoms with Crippen molar-refractivity contribution in [2.24, 2.45) is 0 Å². The topological polar surface area (TPSA) is 32.8 Å². The number of rotatable bonds is 3. The maximum Gasteiger partial charge on any atom is 0.330 e. The Balaban J connectivity index is 2.01. The molecule has 1 fully saturated rings. The van der Waals surface area contributed by atoms with Gasteiger partial charge in [-0.25, -0.2) is 4.79 Å². The van der Waals surface area contributed by atoms with Crippen molar-refractivity contribution in [3.05, 3.63) is 29.8 Å². The number of amides is 2. The van der Waals surface area contributed by atoms with E-state index in [4.69, 9.17) is 4.74 Å². The molecule has 1 aliphatic heterocycles. The van der Waals surface area contributed by atoms with E-state index in [1.165, 1.54) is 0 Å². The maximum absolute atomic E-state index is 11.9. The smallest absolute Gasteiger partial charge is 0.330 e. The highest BCUT2D eigenvalue weighted by Crippen LogP contribution is 2.20.